The summed E-state index contributed by atoms with van der Waals surface area (Å²) in [6.07, 6.45) is -9.52. The van der Waals surface area contributed by atoms with Crippen LogP contribution in [0.15, 0.2) is 18.2 Å². The lowest BCUT2D eigenvalue weighted by Crippen LogP contribution is -2.50. The molecule has 0 aliphatic heterocycles. The van der Waals surface area contributed by atoms with Crippen LogP contribution in [0.4, 0.5) is 26.3 Å². The predicted molar refractivity (Wildman–Crippen MR) is 72.8 cm³/mol. The van der Waals surface area contributed by atoms with Crippen molar-refractivity contribution in [2.75, 3.05) is 19.8 Å². The molecular formula is C12H16BF6NO3. The molecule has 0 bridgehead atoms. The Morgan fingerprint density at radius 3 is 1.26 bits per heavy atom. The average molecular weight is 347 g/mol. The van der Waals surface area contributed by atoms with E-state index in [4.69, 9.17) is 21.1 Å². The molecule has 11 heteroatoms. The summed E-state index contributed by atoms with van der Waals surface area (Å²) in [7, 11) is 1.18. The van der Waals surface area contributed by atoms with E-state index in [9.17, 15) is 26.3 Å². The van der Waals surface area contributed by atoms with Crippen molar-refractivity contribution in [2.45, 2.75) is 17.9 Å². The molecule has 1 aromatic rings. The summed E-state index contributed by atoms with van der Waals surface area (Å²) in [4.78, 5) is 0. The summed E-state index contributed by atoms with van der Waals surface area (Å²) in [5.41, 5.74) is 1.30. The fourth-order valence-corrected chi connectivity index (χ4v) is 1.26. The Kier molecular flexibility index (Phi) is 7.55. The van der Waals surface area contributed by atoms with E-state index in [1.807, 2.05) is 0 Å². The molecule has 4 nitrogen and oxygen atoms in total. The van der Waals surface area contributed by atoms with Crippen LogP contribution < -0.4 is 11.2 Å². The molecule has 0 amide bonds. The van der Waals surface area contributed by atoms with Crippen molar-refractivity contribution in [3.05, 3.63) is 29.3 Å². The topological polar surface area (TPSA) is 86.7 Å². The van der Waals surface area contributed by atoms with E-state index < -0.39 is 48.8 Å². The van der Waals surface area contributed by atoms with Gasteiger partial charge in [0, 0.05) is 0 Å². The predicted octanol–water partition coefficient (Wildman–Crippen LogP) is -0.357. The Morgan fingerprint density at radius 1 is 0.783 bits per heavy atom. The number of benzene rings is 1. The first-order valence-corrected chi connectivity index (χ1v) is 6.16. The lowest BCUT2D eigenvalue weighted by Gasteiger charge is -2.20. The van der Waals surface area contributed by atoms with E-state index in [0.29, 0.717) is 12.1 Å². The van der Waals surface area contributed by atoms with Crippen molar-refractivity contribution < 1.29 is 41.7 Å². The number of aliphatic hydroxyl groups is 3. The number of alkyl halides is 6. The summed E-state index contributed by atoms with van der Waals surface area (Å²) in [5, 5.41) is 25.0. The minimum Gasteiger partial charge on any atom is -0.394 e. The lowest BCUT2D eigenvalue weighted by molar-refractivity contribution is -0.142. The zero-order valence-electron chi connectivity index (χ0n) is 12.0. The van der Waals surface area contributed by atoms with Crippen LogP contribution in [-0.2, 0) is 12.4 Å². The highest BCUT2D eigenvalue weighted by Gasteiger charge is 2.36. The van der Waals surface area contributed by atoms with Gasteiger partial charge in [0.1, 0.15) is 7.85 Å². The largest absolute Gasteiger partial charge is 0.416 e. The van der Waals surface area contributed by atoms with Gasteiger partial charge in [0.15, 0.2) is 0 Å². The third-order valence-corrected chi connectivity index (χ3v) is 2.68. The Hall–Kier alpha value is -1.30. The minimum absolute atomic E-state index is 0.0721. The Bertz CT molecular complexity index is 462. The molecule has 0 saturated carbocycles. The van der Waals surface area contributed by atoms with Crippen LogP contribution in [0.3, 0.4) is 0 Å². The molecule has 0 spiro atoms. The molecule has 0 saturated heterocycles. The fourth-order valence-electron chi connectivity index (χ4n) is 1.26. The van der Waals surface area contributed by atoms with Crippen LogP contribution in [0, 0.1) is 0 Å². The molecule has 0 heterocycles. The molecule has 23 heavy (non-hydrogen) atoms. The smallest absolute Gasteiger partial charge is 0.394 e. The molecule has 5 N–H and O–H groups in total. The fraction of sp³-hybridized carbons (Fsp3) is 0.500. The van der Waals surface area contributed by atoms with Crippen molar-refractivity contribution in [1.29, 1.82) is 0 Å². The van der Waals surface area contributed by atoms with Crippen molar-refractivity contribution in [2.24, 2.45) is 5.73 Å². The van der Waals surface area contributed by atoms with Gasteiger partial charge >= 0.3 is 12.4 Å². The third kappa shape index (κ3) is 7.21. The molecule has 0 unspecified atom stereocenters. The first-order chi connectivity index (χ1) is 10.3. The second-order valence-corrected chi connectivity index (χ2v) is 4.92. The Labute approximate surface area is 128 Å². The van der Waals surface area contributed by atoms with Crippen LogP contribution in [0.25, 0.3) is 0 Å². The molecule has 0 radical (unpaired) electrons. The van der Waals surface area contributed by atoms with Gasteiger partial charge in [-0.1, -0.05) is 17.6 Å². The van der Waals surface area contributed by atoms with E-state index in [1.54, 1.807) is 0 Å². The zero-order valence-corrected chi connectivity index (χ0v) is 12.0. The van der Waals surface area contributed by atoms with Crippen molar-refractivity contribution in [1.82, 2.24) is 0 Å². The summed E-state index contributed by atoms with van der Waals surface area (Å²) in [6, 6.07) is 1.46. The second kappa shape index (κ2) is 8.00. The number of aliphatic hydroxyl groups excluding tert-OH is 3. The highest BCUT2D eigenvalue weighted by Crippen LogP contribution is 2.34. The summed E-state index contributed by atoms with van der Waals surface area (Å²) in [5.74, 6) is 0. The van der Waals surface area contributed by atoms with Crippen molar-refractivity contribution in [3.8, 4) is 0 Å². The summed E-state index contributed by atoms with van der Waals surface area (Å²) in [6.45, 7) is -1.21. The molecule has 1 aromatic carbocycles. The Balaban J connectivity index is 0.000000515. The van der Waals surface area contributed by atoms with Gasteiger partial charge in [-0.2, -0.15) is 26.3 Å². The van der Waals surface area contributed by atoms with Crippen LogP contribution in [-0.4, -0.2) is 48.5 Å². The maximum absolute atomic E-state index is 12.2. The summed E-state index contributed by atoms with van der Waals surface area (Å²) < 4.78 is 73.0. The maximum Gasteiger partial charge on any atom is 0.416 e. The van der Waals surface area contributed by atoms with Crippen LogP contribution in [0.5, 0.6) is 0 Å². The van der Waals surface area contributed by atoms with E-state index in [0.717, 1.165) is 0 Å². The number of hydrogen-bond donors (Lipinski definition) is 4. The number of rotatable bonds is 3. The molecule has 1 rings (SSSR count). The van der Waals surface area contributed by atoms with Gasteiger partial charge in [-0.05, 0) is 6.07 Å². The van der Waals surface area contributed by atoms with E-state index in [-0.39, 0.29) is 11.5 Å². The lowest BCUT2D eigenvalue weighted by atomic mass is 9.91. The maximum atomic E-state index is 12.2. The van der Waals surface area contributed by atoms with Gasteiger partial charge in [-0.25, -0.2) is 0 Å². The standard InChI is InChI=1S/C8H5BF6.C4H11NO3/c9-6-2-4(7(10,11)12)1-5(3-6)8(13,14)15;5-4(1-6,2-7)3-8/h1-3H,9H2;6-8H,1-3,5H2. The molecule has 0 aliphatic rings. The zero-order chi connectivity index (χ0) is 18.5. The third-order valence-electron chi connectivity index (χ3n) is 2.68. The van der Waals surface area contributed by atoms with Crippen LogP contribution >= 0.6 is 0 Å². The van der Waals surface area contributed by atoms with Crippen molar-refractivity contribution >= 4 is 13.3 Å². The van der Waals surface area contributed by atoms with Crippen LogP contribution in [0.2, 0.25) is 0 Å². The number of hydrogen-bond acceptors (Lipinski definition) is 4. The van der Waals surface area contributed by atoms with Gasteiger partial charge in [0.2, 0.25) is 0 Å². The highest BCUT2D eigenvalue weighted by molar-refractivity contribution is 6.32. The monoisotopic (exact) mass is 347 g/mol. The molecule has 0 aromatic heterocycles. The minimum atomic E-state index is -4.76. The van der Waals surface area contributed by atoms with Gasteiger partial charge in [-0.15, -0.1) is 0 Å². The van der Waals surface area contributed by atoms with E-state index in [1.165, 1.54) is 7.85 Å². The van der Waals surface area contributed by atoms with Gasteiger partial charge < -0.3 is 21.1 Å². The molecule has 0 aliphatic carbocycles. The molecular weight excluding hydrogens is 331 g/mol. The Morgan fingerprint density at radius 2 is 1.09 bits per heavy atom. The molecule has 0 atom stereocenters. The number of halogens is 6. The van der Waals surface area contributed by atoms with E-state index in [2.05, 4.69) is 0 Å². The average Bonchev–Trinajstić information content (AvgIpc) is 2.44. The second-order valence-electron chi connectivity index (χ2n) is 4.92. The van der Waals surface area contributed by atoms with Gasteiger partial charge in [0.25, 0.3) is 0 Å². The van der Waals surface area contributed by atoms with E-state index >= 15 is 0 Å². The summed E-state index contributed by atoms with van der Waals surface area (Å²) >= 11 is 0. The normalized spacial score (nSPS) is 12.6. The molecule has 132 valence electrons. The quantitative estimate of drug-likeness (QED) is 0.445. The van der Waals surface area contributed by atoms with Gasteiger partial charge in [-0.3, -0.25) is 0 Å². The van der Waals surface area contributed by atoms with Crippen molar-refractivity contribution in [3.63, 3.8) is 0 Å². The van der Waals surface area contributed by atoms with Gasteiger partial charge in [0.05, 0.1) is 36.5 Å². The first kappa shape index (κ1) is 21.7. The first-order valence-electron chi connectivity index (χ1n) is 6.16. The highest BCUT2D eigenvalue weighted by atomic mass is 19.4. The van der Waals surface area contributed by atoms with Crippen LogP contribution in [0.1, 0.15) is 11.1 Å². The number of nitrogens with two attached hydrogens (primary N) is 1. The molecule has 0 fully saturated rings. The SMILES string of the molecule is Bc1cc(C(F)(F)F)cc(C(F)(F)F)c1.NC(CO)(CO)CO.